The number of hydrogen-bond donors (Lipinski definition) is 2. The predicted molar refractivity (Wildman–Crippen MR) is 114 cm³/mol. The number of nitrogens with one attached hydrogen (secondary N) is 1. The third kappa shape index (κ3) is 5.92. The molecule has 0 radical (unpaired) electrons. The van der Waals surface area contributed by atoms with Crippen LogP contribution in [0.1, 0.15) is 25.6 Å². The Hall–Kier alpha value is -3.71. The van der Waals surface area contributed by atoms with E-state index >= 15 is 0 Å². The first kappa shape index (κ1) is 24.6. The molecule has 0 aliphatic carbocycles. The topological polar surface area (TPSA) is 169 Å². The van der Waals surface area contributed by atoms with Crippen LogP contribution in [0.15, 0.2) is 18.2 Å². The highest BCUT2D eigenvalue weighted by molar-refractivity contribution is 7.18. The molecule has 32 heavy (non-hydrogen) atoms. The normalized spacial score (nSPS) is 10.3. The van der Waals surface area contributed by atoms with Gasteiger partial charge in [0.15, 0.2) is 12.4 Å². The Labute approximate surface area is 186 Å². The summed E-state index contributed by atoms with van der Waals surface area (Å²) in [4.78, 5) is 47.1. The minimum Gasteiger partial charge on any atom is -0.496 e. The maximum absolute atomic E-state index is 12.4. The fraction of sp³-hybridized carbons (Fsp3) is 0.316. The number of primary amides is 1. The Bertz CT molecular complexity index is 1040. The third-order valence-corrected chi connectivity index (χ3v) is 5.29. The highest BCUT2D eigenvalue weighted by atomic mass is 32.1. The number of esters is 1. The van der Waals surface area contributed by atoms with Crippen molar-refractivity contribution in [2.24, 2.45) is 5.73 Å². The second kappa shape index (κ2) is 11.1. The molecule has 0 bridgehead atoms. The zero-order valence-corrected chi connectivity index (χ0v) is 18.3. The molecule has 0 unspecified atom stereocenters. The van der Waals surface area contributed by atoms with Crippen molar-refractivity contribution in [2.75, 3.05) is 39.4 Å². The van der Waals surface area contributed by atoms with E-state index in [4.69, 9.17) is 24.7 Å². The number of nitrogens with zero attached hydrogens (tertiary/aromatic N) is 1. The van der Waals surface area contributed by atoms with E-state index in [0.29, 0.717) is 0 Å². The summed E-state index contributed by atoms with van der Waals surface area (Å²) in [6.45, 7) is 1.02. The monoisotopic (exact) mass is 467 g/mol. The molecule has 1 aromatic heterocycles. The second-order valence-corrected chi connectivity index (χ2v) is 7.20. The van der Waals surface area contributed by atoms with Gasteiger partial charge in [0.1, 0.15) is 17.4 Å². The van der Waals surface area contributed by atoms with Crippen molar-refractivity contribution >= 4 is 39.8 Å². The van der Waals surface area contributed by atoms with E-state index in [-0.39, 0.29) is 51.4 Å². The fourth-order valence-corrected chi connectivity index (χ4v) is 3.63. The van der Waals surface area contributed by atoms with Crippen molar-refractivity contribution in [3.05, 3.63) is 44.3 Å². The molecule has 0 saturated heterocycles. The number of benzene rings is 1. The fourth-order valence-electron chi connectivity index (χ4n) is 2.57. The number of methoxy groups -OCH3 is 2. The summed E-state index contributed by atoms with van der Waals surface area (Å²) in [7, 11) is 2.79. The Morgan fingerprint density at radius 3 is 2.53 bits per heavy atom. The molecule has 2 rings (SSSR count). The molecule has 12 nitrogen and oxygen atoms in total. The molecule has 0 spiro atoms. The van der Waals surface area contributed by atoms with Gasteiger partial charge in [-0.05, 0) is 24.6 Å². The minimum absolute atomic E-state index is 0.0244. The van der Waals surface area contributed by atoms with Gasteiger partial charge >= 0.3 is 11.7 Å². The van der Waals surface area contributed by atoms with Gasteiger partial charge in [-0.15, -0.1) is 11.3 Å². The lowest BCUT2D eigenvalue weighted by Gasteiger charge is -2.10. The van der Waals surface area contributed by atoms with Crippen molar-refractivity contribution in [1.82, 2.24) is 0 Å². The zero-order valence-electron chi connectivity index (χ0n) is 17.5. The van der Waals surface area contributed by atoms with Crippen LogP contribution in [0.2, 0.25) is 0 Å². The van der Waals surface area contributed by atoms with E-state index in [0.717, 1.165) is 17.4 Å². The van der Waals surface area contributed by atoms with E-state index in [1.54, 1.807) is 0 Å². The number of ether oxygens (including phenoxy) is 4. The van der Waals surface area contributed by atoms with Crippen LogP contribution in [0.25, 0.3) is 0 Å². The molecule has 2 amide bonds. The number of nitro groups is 1. The molecule has 2 aromatic rings. The van der Waals surface area contributed by atoms with E-state index in [9.17, 15) is 24.5 Å². The van der Waals surface area contributed by atoms with E-state index in [2.05, 4.69) is 5.32 Å². The van der Waals surface area contributed by atoms with Gasteiger partial charge in [-0.1, -0.05) is 0 Å². The van der Waals surface area contributed by atoms with Gasteiger partial charge in [0.05, 0.1) is 35.1 Å². The maximum Gasteiger partial charge on any atom is 0.341 e. The maximum atomic E-state index is 12.4. The van der Waals surface area contributed by atoms with Crippen LogP contribution in [0.5, 0.6) is 11.5 Å². The van der Waals surface area contributed by atoms with Gasteiger partial charge in [0, 0.05) is 7.11 Å². The Balaban J connectivity index is 2.19. The van der Waals surface area contributed by atoms with Crippen LogP contribution in [-0.4, -0.2) is 56.7 Å². The highest BCUT2D eigenvalue weighted by Crippen LogP contribution is 2.34. The number of nitrogens with two attached hydrogens (primary N) is 1. The number of amides is 2. The lowest BCUT2D eigenvalue weighted by atomic mass is 10.1. The molecule has 172 valence electrons. The summed E-state index contributed by atoms with van der Waals surface area (Å²) < 4.78 is 20.1. The molecular weight excluding hydrogens is 446 g/mol. The summed E-state index contributed by atoms with van der Waals surface area (Å²) in [5, 5.41) is 13.7. The first-order valence-electron chi connectivity index (χ1n) is 9.03. The average molecular weight is 467 g/mol. The van der Waals surface area contributed by atoms with Gasteiger partial charge < -0.3 is 30.0 Å². The molecule has 13 heteroatoms. The molecular formula is C19H21N3O9S. The smallest absolute Gasteiger partial charge is 0.341 e. The van der Waals surface area contributed by atoms with Crippen LogP contribution in [0.3, 0.4) is 0 Å². The number of carbonyl (C=O) groups excluding carboxylic acids is 3. The number of thiophene rings is 1. The van der Waals surface area contributed by atoms with E-state index < -0.39 is 29.3 Å². The molecule has 3 N–H and O–H groups in total. The van der Waals surface area contributed by atoms with E-state index in [1.165, 1.54) is 33.3 Å². The summed E-state index contributed by atoms with van der Waals surface area (Å²) >= 11 is 0.806. The predicted octanol–water partition coefficient (Wildman–Crippen LogP) is 1.89. The zero-order chi connectivity index (χ0) is 23.8. The van der Waals surface area contributed by atoms with Crippen LogP contribution >= 0.6 is 11.3 Å². The Kier molecular flexibility index (Phi) is 8.49. The Morgan fingerprint density at radius 1 is 1.22 bits per heavy atom. The van der Waals surface area contributed by atoms with Crippen LogP contribution in [0, 0.1) is 17.0 Å². The number of anilines is 1. The minimum atomic E-state index is -0.774. The number of nitro benzene ring substituents is 1. The molecule has 1 aromatic carbocycles. The summed E-state index contributed by atoms with van der Waals surface area (Å²) in [6, 6.07) is 3.89. The van der Waals surface area contributed by atoms with Gasteiger partial charge in [0.25, 0.3) is 11.8 Å². The van der Waals surface area contributed by atoms with E-state index in [1.807, 2.05) is 0 Å². The quantitative estimate of drug-likeness (QED) is 0.217. The largest absolute Gasteiger partial charge is 0.496 e. The van der Waals surface area contributed by atoms with Crippen molar-refractivity contribution in [1.29, 1.82) is 0 Å². The molecule has 0 atom stereocenters. The van der Waals surface area contributed by atoms with Gasteiger partial charge in [-0.25, -0.2) is 4.79 Å². The number of hydrogen-bond acceptors (Lipinski definition) is 10. The van der Waals surface area contributed by atoms with Crippen molar-refractivity contribution in [3.63, 3.8) is 0 Å². The van der Waals surface area contributed by atoms with Gasteiger partial charge in [0.2, 0.25) is 0 Å². The molecule has 1 heterocycles. The summed E-state index contributed by atoms with van der Waals surface area (Å²) in [5.41, 5.74) is 5.19. The van der Waals surface area contributed by atoms with Crippen molar-refractivity contribution in [2.45, 2.75) is 6.92 Å². The van der Waals surface area contributed by atoms with Crippen LogP contribution < -0.4 is 20.5 Å². The van der Waals surface area contributed by atoms with Crippen LogP contribution in [0.4, 0.5) is 10.7 Å². The van der Waals surface area contributed by atoms with Crippen molar-refractivity contribution < 1.29 is 38.3 Å². The second-order valence-electron chi connectivity index (χ2n) is 6.18. The van der Waals surface area contributed by atoms with Crippen LogP contribution in [-0.2, 0) is 14.3 Å². The average Bonchev–Trinajstić information content (AvgIpc) is 3.08. The lowest BCUT2D eigenvalue weighted by Crippen LogP contribution is -2.21. The Morgan fingerprint density at radius 2 is 1.94 bits per heavy atom. The molecule has 0 saturated carbocycles. The standard InChI is InChI=1S/C19H21N3O9S/c1-10-15(19(25)30-7-6-28-2)18(32-16(10)17(20)24)21-14(23)9-31-13-5-4-11(29-3)8-12(13)22(26)27/h4-5,8H,6-7,9H2,1-3H3,(H2,20,24)(H,21,23). The first-order chi connectivity index (χ1) is 15.2. The van der Waals surface area contributed by atoms with Crippen molar-refractivity contribution in [3.8, 4) is 11.5 Å². The molecule has 0 aliphatic rings. The first-order valence-corrected chi connectivity index (χ1v) is 9.85. The number of rotatable bonds is 11. The molecule has 0 aliphatic heterocycles. The number of carbonyl (C=O) groups is 3. The van der Waals surface area contributed by atoms with Gasteiger partial charge in [-0.3, -0.25) is 19.7 Å². The third-order valence-electron chi connectivity index (χ3n) is 4.07. The van der Waals surface area contributed by atoms with Gasteiger partial charge in [-0.2, -0.15) is 0 Å². The summed E-state index contributed by atoms with van der Waals surface area (Å²) in [5.74, 6) is -2.17. The highest BCUT2D eigenvalue weighted by Gasteiger charge is 2.26. The lowest BCUT2D eigenvalue weighted by molar-refractivity contribution is -0.385. The SMILES string of the molecule is COCCOC(=O)c1c(NC(=O)COc2ccc(OC)cc2[N+](=O)[O-])sc(C(N)=O)c1C. The summed E-state index contributed by atoms with van der Waals surface area (Å²) in [6.07, 6.45) is 0. The molecule has 0 fully saturated rings.